The van der Waals surface area contributed by atoms with Crippen LogP contribution in [0.5, 0.6) is 0 Å². The summed E-state index contributed by atoms with van der Waals surface area (Å²) in [6, 6.07) is 12.9. The second-order valence-electron chi connectivity index (χ2n) is 6.55. The summed E-state index contributed by atoms with van der Waals surface area (Å²) in [5, 5.41) is 0. The molecule has 0 N–H and O–H groups in total. The molecule has 3 heterocycles. The van der Waals surface area contributed by atoms with Gasteiger partial charge in [0.2, 0.25) is 0 Å². The minimum Gasteiger partial charge on any atom is -0.324 e. The first-order valence-electron chi connectivity index (χ1n) is 8.71. The van der Waals surface area contributed by atoms with E-state index in [2.05, 4.69) is 57.1 Å². The SMILES string of the molecule is CN1CCN(CCCN2c3ccccc3Sc3cccnc32)CC1. The average Bonchev–Trinajstić information content (AvgIpc) is 2.63. The Bertz CT molecular complexity index is 652. The molecule has 0 atom stereocenters. The Morgan fingerprint density at radius 2 is 1.75 bits per heavy atom. The fourth-order valence-electron chi connectivity index (χ4n) is 3.41. The van der Waals surface area contributed by atoms with E-state index in [1.54, 1.807) is 0 Å². The first kappa shape index (κ1) is 15.9. The molecule has 1 fully saturated rings. The van der Waals surface area contributed by atoms with Crippen LogP contribution < -0.4 is 4.90 Å². The van der Waals surface area contributed by atoms with Crippen LogP contribution >= 0.6 is 11.8 Å². The maximum absolute atomic E-state index is 4.66. The molecule has 0 unspecified atom stereocenters. The van der Waals surface area contributed by atoms with Crippen molar-refractivity contribution < 1.29 is 0 Å². The highest BCUT2D eigenvalue weighted by atomic mass is 32.2. The Balaban J connectivity index is 1.46. The van der Waals surface area contributed by atoms with Gasteiger partial charge < -0.3 is 14.7 Å². The quantitative estimate of drug-likeness (QED) is 0.849. The predicted octanol–water partition coefficient (Wildman–Crippen LogP) is 3.32. The smallest absolute Gasteiger partial charge is 0.147 e. The summed E-state index contributed by atoms with van der Waals surface area (Å²) in [6.07, 6.45) is 3.07. The van der Waals surface area contributed by atoms with Crippen LogP contribution in [-0.2, 0) is 0 Å². The summed E-state index contributed by atoms with van der Waals surface area (Å²) < 4.78 is 0. The van der Waals surface area contributed by atoms with Gasteiger partial charge in [0.15, 0.2) is 0 Å². The highest BCUT2D eigenvalue weighted by Crippen LogP contribution is 2.46. The third kappa shape index (κ3) is 3.29. The summed E-state index contributed by atoms with van der Waals surface area (Å²) in [5.74, 6) is 1.11. The van der Waals surface area contributed by atoms with Gasteiger partial charge in [-0.3, -0.25) is 0 Å². The van der Waals surface area contributed by atoms with E-state index in [-0.39, 0.29) is 0 Å². The molecule has 0 bridgehead atoms. The highest BCUT2D eigenvalue weighted by molar-refractivity contribution is 7.99. The molecule has 0 aliphatic carbocycles. The molecule has 2 aliphatic rings. The van der Waals surface area contributed by atoms with Crippen molar-refractivity contribution in [2.75, 3.05) is 51.2 Å². The van der Waals surface area contributed by atoms with Gasteiger partial charge in [0.1, 0.15) is 5.82 Å². The molecule has 1 aromatic heterocycles. The van der Waals surface area contributed by atoms with Crippen LogP contribution in [0.15, 0.2) is 52.4 Å². The number of likely N-dealkylation sites (N-methyl/N-ethyl adjacent to an activating group) is 1. The Morgan fingerprint density at radius 1 is 0.958 bits per heavy atom. The van der Waals surface area contributed by atoms with E-state index < -0.39 is 0 Å². The maximum Gasteiger partial charge on any atom is 0.147 e. The number of piperazine rings is 1. The lowest BCUT2D eigenvalue weighted by Crippen LogP contribution is -2.45. The number of rotatable bonds is 4. The van der Waals surface area contributed by atoms with Gasteiger partial charge in [-0.05, 0) is 44.3 Å². The van der Waals surface area contributed by atoms with Gasteiger partial charge in [-0.1, -0.05) is 23.9 Å². The first-order chi connectivity index (χ1) is 11.8. The molecule has 0 saturated carbocycles. The van der Waals surface area contributed by atoms with Gasteiger partial charge in [-0.25, -0.2) is 4.98 Å². The summed E-state index contributed by atoms with van der Waals surface area (Å²) in [4.78, 5) is 14.6. The molecule has 2 aliphatic heterocycles. The standard InChI is InChI=1S/C19H24N4S/c1-21-12-14-22(15-13-21)10-5-11-23-16-6-2-3-7-17(16)24-18-8-4-9-20-19(18)23/h2-4,6-9H,5,10-15H2,1H3. The number of pyridine rings is 1. The number of nitrogens with zero attached hydrogens (tertiary/aromatic N) is 4. The van der Waals surface area contributed by atoms with Crippen molar-refractivity contribution >= 4 is 23.3 Å². The zero-order chi connectivity index (χ0) is 16.4. The summed E-state index contributed by atoms with van der Waals surface area (Å²) in [6.45, 7) is 6.95. The van der Waals surface area contributed by atoms with Crippen LogP contribution in [0.3, 0.4) is 0 Å². The van der Waals surface area contributed by atoms with Crippen LogP contribution in [0.1, 0.15) is 6.42 Å². The lowest BCUT2D eigenvalue weighted by atomic mass is 10.2. The molecule has 126 valence electrons. The van der Waals surface area contributed by atoms with Gasteiger partial charge >= 0.3 is 0 Å². The molecule has 0 radical (unpaired) electrons. The van der Waals surface area contributed by atoms with E-state index in [1.807, 2.05) is 24.0 Å². The van der Waals surface area contributed by atoms with E-state index in [1.165, 1.54) is 54.6 Å². The van der Waals surface area contributed by atoms with Crippen LogP contribution in [0.4, 0.5) is 11.5 Å². The average molecular weight is 340 g/mol. The number of fused-ring (bicyclic) bond motifs is 2. The number of para-hydroxylation sites is 1. The number of anilines is 2. The van der Waals surface area contributed by atoms with Crippen molar-refractivity contribution in [3.63, 3.8) is 0 Å². The number of hydrogen-bond donors (Lipinski definition) is 0. The van der Waals surface area contributed by atoms with Crippen molar-refractivity contribution in [3.8, 4) is 0 Å². The molecular weight excluding hydrogens is 316 g/mol. The summed E-state index contributed by atoms with van der Waals surface area (Å²) in [7, 11) is 2.21. The Hall–Kier alpha value is -1.56. The topological polar surface area (TPSA) is 22.6 Å². The lowest BCUT2D eigenvalue weighted by molar-refractivity contribution is 0.153. The van der Waals surface area contributed by atoms with Crippen LogP contribution in [0, 0.1) is 0 Å². The van der Waals surface area contributed by atoms with Gasteiger partial charge in [0.25, 0.3) is 0 Å². The Labute approximate surface area is 148 Å². The van der Waals surface area contributed by atoms with E-state index in [9.17, 15) is 0 Å². The molecule has 4 nitrogen and oxygen atoms in total. The third-order valence-electron chi connectivity index (χ3n) is 4.83. The first-order valence-corrected chi connectivity index (χ1v) is 9.53. The van der Waals surface area contributed by atoms with Crippen molar-refractivity contribution in [2.24, 2.45) is 0 Å². The zero-order valence-electron chi connectivity index (χ0n) is 14.2. The third-order valence-corrected chi connectivity index (χ3v) is 5.94. The Morgan fingerprint density at radius 3 is 2.62 bits per heavy atom. The maximum atomic E-state index is 4.66. The monoisotopic (exact) mass is 340 g/mol. The van der Waals surface area contributed by atoms with Crippen LogP contribution in [0.2, 0.25) is 0 Å². The normalized spacial score (nSPS) is 18.3. The van der Waals surface area contributed by atoms with Crippen molar-refractivity contribution in [1.82, 2.24) is 14.8 Å². The largest absolute Gasteiger partial charge is 0.324 e. The van der Waals surface area contributed by atoms with Crippen molar-refractivity contribution in [1.29, 1.82) is 0 Å². The van der Waals surface area contributed by atoms with Crippen molar-refractivity contribution in [2.45, 2.75) is 16.2 Å². The minimum absolute atomic E-state index is 1.02. The van der Waals surface area contributed by atoms with Gasteiger partial charge in [-0.15, -0.1) is 0 Å². The zero-order valence-corrected chi connectivity index (χ0v) is 15.0. The predicted molar refractivity (Wildman–Crippen MR) is 100 cm³/mol. The van der Waals surface area contributed by atoms with Crippen molar-refractivity contribution in [3.05, 3.63) is 42.6 Å². The fraction of sp³-hybridized carbons (Fsp3) is 0.421. The minimum atomic E-state index is 1.02. The number of aromatic nitrogens is 1. The van der Waals surface area contributed by atoms with Gasteiger partial charge in [0.05, 0.1) is 10.6 Å². The lowest BCUT2D eigenvalue weighted by Gasteiger charge is -2.34. The molecule has 2 aromatic rings. The molecule has 0 spiro atoms. The van der Waals surface area contributed by atoms with Gasteiger partial charge in [-0.2, -0.15) is 0 Å². The van der Waals surface area contributed by atoms with Gasteiger partial charge in [0, 0.05) is 43.8 Å². The molecule has 1 saturated heterocycles. The van der Waals surface area contributed by atoms with E-state index in [0.717, 1.165) is 12.4 Å². The van der Waals surface area contributed by atoms with E-state index in [4.69, 9.17) is 0 Å². The molecule has 1 aromatic carbocycles. The van der Waals surface area contributed by atoms with E-state index >= 15 is 0 Å². The second kappa shape index (κ2) is 7.13. The molecule has 5 heteroatoms. The number of benzene rings is 1. The summed E-state index contributed by atoms with van der Waals surface area (Å²) in [5.41, 5.74) is 1.30. The highest BCUT2D eigenvalue weighted by Gasteiger charge is 2.24. The van der Waals surface area contributed by atoms with E-state index in [0.29, 0.717) is 0 Å². The molecule has 4 rings (SSSR count). The Kier molecular flexibility index (Phi) is 4.74. The van der Waals surface area contributed by atoms with Crippen LogP contribution in [0.25, 0.3) is 0 Å². The fourth-order valence-corrected chi connectivity index (χ4v) is 4.48. The van der Waals surface area contributed by atoms with Crippen LogP contribution in [-0.4, -0.2) is 61.1 Å². The molecule has 24 heavy (non-hydrogen) atoms. The molecular formula is C19H24N4S. The summed E-state index contributed by atoms with van der Waals surface area (Å²) >= 11 is 1.83. The molecule has 0 amide bonds. The second-order valence-corrected chi connectivity index (χ2v) is 7.63. The number of hydrogen-bond acceptors (Lipinski definition) is 5.